The van der Waals surface area contributed by atoms with E-state index in [1.54, 1.807) is 24.3 Å². The normalized spacial score (nSPS) is 9.74. The minimum Gasteiger partial charge on any atom is -0.493 e. The zero-order valence-corrected chi connectivity index (χ0v) is 13.0. The van der Waals surface area contributed by atoms with E-state index >= 15 is 0 Å². The summed E-state index contributed by atoms with van der Waals surface area (Å²) < 4.78 is 5.66. The quantitative estimate of drug-likeness (QED) is 0.803. The maximum Gasteiger partial charge on any atom is 0.319 e. The molecule has 0 aliphatic heterocycles. The maximum atomic E-state index is 11.7. The standard InChI is InChI=1S/C18H19N3O2/c1-14-5-2-3-6-17(14)23-12-4-11-20-18(22)21-16-9-7-15(13-19)8-10-16/h2-3,5-10H,4,11-12H2,1H3,(H2,20,21,22). The molecule has 0 fully saturated rings. The number of aryl methyl sites for hydroxylation is 1. The molecule has 0 radical (unpaired) electrons. The van der Waals surface area contributed by atoms with Gasteiger partial charge in [-0.3, -0.25) is 0 Å². The Bertz CT molecular complexity index is 690. The monoisotopic (exact) mass is 309 g/mol. The number of amides is 2. The largest absolute Gasteiger partial charge is 0.493 e. The van der Waals surface area contributed by atoms with E-state index in [9.17, 15) is 4.79 Å². The van der Waals surface area contributed by atoms with Gasteiger partial charge in [0.05, 0.1) is 18.2 Å². The summed E-state index contributed by atoms with van der Waals surface area (Å²) in [6, 6.07) is 16.3. The van der Waals surface area contributed by atoms with Crippen molar-refractivity contribution in [2.24, 2.45) is 0 Å². The predicted molar refractivity (Wildman–Crippen MR) is 89.5 cm³/mol. The van der Waals surface area contributed by atoms with Gasteiger partial charge in [-0.05, 0) is 49.2 Å². The fraction of sp³-hybridized carbons (Fsp3) is 0.222. The van der Waals surface area contributed by atoms with Crippen molar-refractivity contribution in [2.75, 3.05) is 18.5 Å². The minimum absolute atomic E-state index is 0.273. The fourth-order valence-corrected chi connectivity index (χ4v) is 1.98. The summed E-state index contributed by atoms with van der Waals surface area (Å²) in [5.74, 6) is 0.870. The average Bonchev–Trinajstić information content (AvgIpc) is 2.57. The van der Waals surface area contributed by atoms with Crippen LogP contribution in [-0.4, -0.2) is 19.2 Å². The highest BCUT2D eigenvalue weighted by Gasteiger charge is 2.02. The summed E-state index contributed by atoms with van der Waals surface area (Å²) in [7, 11) is 0. The highest BCUT2D eigenvalue weighted by Crippen LogP contribution is 2.16. The molecule has 5 nitrogen and oxygen atoms in total. The first-order valence-electron chi connectivity index (χ1n) is 7.42. The highest BCUT2D eigenvalue weighted by atomic mass is 16.5. The number of benzene rings is 2. The third-order valence-electron chi connectivity index (χ3n) is 3.23. The van der Waals surface area contributed by atoms with Crippen LogP contribution in [0.4, 0.5) is 10.5 Å². The van der Waals surface area contributed by atoms with Crippen molar-refractivity contribution >= 4 is 11.7 Å². The minimum atomic E-state index is -0.273. The van der Waals surface area contributed by atoms with Crippen LogP contribution in [0.1, 0.15) is 17.5 Å². The molecule has 0 unspecified atom stereocenters. The molecule has 0 atom stereocenters. The van der Waals surface area contributed by atoms with E-state index < -0.39 is 0 Å². The van der Waals surface area contributed by atoms with Crippen molar-refractivity contribution < 1.29 is 9.53 Å². The second-order valence-electron chi connectivity index (χ2n) is 5.04. The third-order valence-corrected chi connectivity index (χ3v) is 3.23. The second kappa shape index (κ2) is 8.44. The smallest absolute Gasteiger partial charge is 0.319 e. The lowest BCUT2D eigenvalue weighted by molar-refractivity contribution is 0.250. The Morgan fingerprint density at radius 2 is 1.91 bits per heavy atom. The first-order chi connectivity index (χ1) is 11.2. The molecule has 0 saturated heterocycles. The van der Waals surface area contributed by atoms with Gasteiger partial charge in [0.2, 0.25) is 0 Å². The van der Waals surface area contributed by atoms with E-state index in [4.69, 9.17) is 10.00 Å². The van der Waals surface area contributed by atoms with E-state index in [-0.39, 0.29) is 6.03 Å². The lowest BCUT2D eigenvalue weighted by Crippen LogP contribution is -2.30. The molecule has 0 bridgehead atoms. The molecule has 0 aliphatic rings. The molecule has 2 amide bonds. The summed E-state index contributed by atoms with van der Waals surface area (Å²) >= 11 is 0. The van der Waals surface area contributed by atoms with Crippen molar-refractivity contribution in [3.63, 3.8) is 0 Å². The maximum absolute atomic E-state index is 11.7. The van der Waals surface area contributed by atoms with Crippen LogP contribution in [0.3, 0.4) is 0 Å². The zero-order chi connectivity index (χ0) is 16.5. The van der Waals surface area contributed by atoms with Crippen molar-refractivity contribution in [2.45, 2.75) is 13.3 Å². The van der Waals surface area contributed by atoms with Crippen LogP contribution in [0.15, 0.2) is 48.5 Å². The molecule has 2 rings (SSSR count). The lowest BCUT2D eigenvalue weighted by Gasteiger charge is -2.10. The molecule has 118 valence electrons. The van der Waals surface area contributed by atoms with Gasteiger partial charge in [-0.15, -0.1) is 0 Å². The Morgan fingerprint density at radius 1 is 1.17 bits per heavy atom. The fourth-order valence-electron chi connectivity index (χ4n) is 1.98. The van der Waals surface area contributed by atoms with Gasteiger partial charge in [0.15, 0.2) is 0 Å². The number of nitrogens with zero attached hydrogens (tertiary/aromatic N) is 1. The second-order valence-corrected chi connectivity index (χ2v) is 5.04. The number of hydrogen-bond donors (Lipinski definition) is 2. The van der Waals surface area contributed by atoms with Crippen molar-refractivity contribution in [3.05, 3.63) is 59.7 Å². The zero-order valence-electron chi connectivity index (χ0n) is 13.0. The van der Waals surface area contributed by atoms with Crippen molar-refractivity contribution in [1.82, 2.24) is 5.32 Å². The van der Waals surface area contributed by atoms with Gasteiger partial charge in [0.25, 0.3) is 0 Å². The van der Waals surface area contributed by atoms with Gasteiger partial charge in [-0.1, -0.05) is 18.2 Å². The Morgan fingerprint density at radius 3 is 2.61 bits per heavy atom. The number of ether oxygens (including phenoxy) is 1. The molecule has 23 heavy (non-hydrogen) atoms. The summed E-state index contributed by atoms with van der Waals surface area (Å²) in [4.78, 5) is 11.7. The molecule has 0 spiro atoms. The summed E-state index contributed by atoms with van der Waals surface area (Å²) in [5.41, 5.74) is 2.31. The number of hydrogen-bond acceptors (Lipinski definition) is 3. The summed E-state index contributed by atoms with van der Waals surface area (Å²) in [6.07, 6.45) is 0.717. The van der Waals surface area contributed by atoms with E-state index in [0.717, 1.165) is 17.7 Å². The van der Waals surface area contributed by atoms with Crippen molar-refractivity contribution in [3.8, 4) is 11.8 Å². The predicted octanol–water partition coefficient (Wildman–Crippen LogP) is 3.46. The Labute approximate surface area is 135 Å². The number of carbonyl (C=O) groups is 1. The van der Waals surface area contributed by atoms with Gasteiger partial charge in [0, 0.05) is 12.2 Å². The van der Waals surface area contributed by atoms with Crippen LogP contribution in [0, 0.1) is 18.3 Å². The number of nitrogens with one attached hydrogen (secondary N) is 2. The molecule has 0 aromatic heterocycles. The lowest BCUT2D eigenvalue weighted by atomic mass is 10.2. The molecular weight excluding hydrogens is 290 g/mol. The molecule has 2 aromatic carbocycles. The van der Waals surface area contributed by atoms with Gasteiger partial charge < -0.3 is 15.4 Å². The average molecular weight is 309 g/mol. The van der Waals surface area contributed by atoms with Crippen LogP contribution >= 0.6 is 0 Å². The SMILES string of the molecule is Cc1ccccc1OCCCNC(=O)Nc1ccc(C#N)cc1. The van der Waals surface area contributed by atoms with Crippen LogP contribution < -0.4 is 15.4 Å². The first kappa shape index (κ1) is 16.4. The number of rotatable bonds is 6. The first-order valence-corrected chi connectivity index (χ1v) is 7.42. The van der Waals surface area contributed by atoms with Gasteiger partial charge in [-0.25, -0.2) is 4.79 Å². The van der Waals surface area contributed by atoms with Crippen LogP contribution in [0.2, 0.25) is 0 Å². The number of carbonyl (C=O) groups excluding carboxylic acids is 1. The molecule has 2 aromatic rings. The topological polar surface area (TPSA) is 74.2 Å². The van der Waals surface area contributed by atoms with Gasteiger partial charge in [-0.2, -0.15) is 5.26 Å². The Kier molecular flexibility index (Phi) is 6.01. The molecule has 5 heteroatoms. The van der Waals surface area contributed by atoms with Crippen LogP contribution in [0.5, 0.6) is 5.75 Å². The number of nitriles is 1. The van der Waals surface area contributed by atoms with Gasteiger partial charge in [0.1, 0.15) is 5.75 Å². The Balaban J connectivity index is 1.65. The van der Waals surface area contributed by atoms with Gasteiger partial charge >= 0.3 is 6.03 Å². The van der Waals surface area contributed by atoms with E-state index in [2.05, 4.69) is 10.6 Å². The van der Waals surface area contributed by atoms with Crippen LogP contribution in [-0.2, 0) is 0 Å². The summed E-state index contributed by atoms with van der Waals surface area (Å²) in [6.45, 7) is 3.06. The van der Waals surface area contributed by atoms with E-state index in [1.807, 2.05) is 37.3 Å². The molecule has 2 N–H and O–H groups in total. The number of urea groups is 1. The number of para-hydroxylation sites is 1. The highest BCUT2D eigenvalue weighted by molar-refractivity contribution is 5.89. The summed E-state index contributed by atoms with van der Waals surface area (Å²) in [5, 5.41) is 14.2. The number of anilines is 1. The third kappa shape index (κ3) is 5.36. The molecule has 0 aliphatic carbocycles. The Hall–Kier alpha value is -3.00. The molecular formula is C18H19N3O2. The van der Waals surface area contributed by atoms with E-state index in [1.165, 1.54) is 0 Å². The van der Waals surface area contributed by atoms with E-state index in [0.29, 0.717) is 24.4 Å². The molecule has 0 heterocycles. The molecule has 0 saturated carbocycles. The van der Waals surface area contributed by atoms with Crippen LogP contribution in [0.25, 0.3) is 0 Å². The van der Waals surface area contributed by atoms with Crippen molar-refractivity contribution in [1.29, 1.82) is 5.26 Å².